The molecule has 0 radical (unpaired) electrons. The van der Waals surface area contributed by atoms with Gasteiger partial charge in [0.15, 0.2) is 0 Å². The predicted octanol–water partition coefficient (Wildman–Crippen LogP) is 4.83. The molecule has 0 bridgehead atoms. The Bertz CT molecular complexity index is 327. The highest BCUT2D eigenvalue weighted by Gasteiger charge is 2.42. The van der Waals surface area contributed by atoms with E-state index in [1.807, 2.05) is 7.05 Å². The monoisotopic (exact) mass is 289 g/mol. The maximum absolute atomic E-state index is 12.7. The molecule has 1 saturated carbocycles. The summed E-state index contributed by atoms with van der Waals surface area (Å²) in [7, 11) is 1.95. The van der Waals surface area contributed by atoms with E-state index >= 15 is 0 Å². The number of rotatable bonds is 3. The lowest BCUT2D eigenvalue weighted by Gasteiger charge is -2.35. The van der Waals surface area contributed by atoms with Gasteiger partial charge in [0.1, 0.15) is 0 Å². The van der Waals surface area contributed by atoms with Crippen molar-refractivity contribution in [3.63, 3.8) is 0 Å². The summed E-state index contributed by atoms with van der Waals surface area (Å²) in [6.45, 7) is 0. The van der Waals surface area contributed by atoms with Gasteiger partial charge in [0.05, 0.1) is 5.92 Å². The molecule has 0 aliphatic heterocycles. The maximum Gasteiger partial charge on any atom is 0.391 e. The third-order valence-corrected chi connectivity index (χ3v) is 4.99. The molecule has 1 nitrogen and oxygen atoms in total. The molecule has 116 valence electrons. The lowest BCUT2D eigenvalue weighted by molar-refractivity contribution is -0.184. The van der Waals surface area contributed by atoms with Crippen LogP contribution in [0.25, 0.3) is 0 Å². The highest BCUT2D eigenvalue weighted by atomic mass is 19.4. The molecule has 0 saturated heterocycles. The van der Waals surface area contributed by atoms with Crippen molar-refractivity contribution < 1.29 is 13.2 Å². The van der Waals surface area contributed by atoms with E-state index in [0.717, 1.165) is 12.8 Å². The van der Waals surface area contributed by atoms with Gasteiger partial charge >= 0.3 is 6.18 Å². The highest BCUT2D eigenvalue weighted by Crippen LogP contribution is 2.41. The molecule has 0 aromatic rings. The van der Waals surface area contributed by atoms with Crippen molar-refractivity contribution in [3.05, 3.63) is 11.6 Å². The fourth-order valence-corrected chi connectivity index (χ4v) is 3.83. The normalized spacial score (nSPS) is 30.5. The van der Waals surface area contributed by atoms with Crippen LogP contribution in [0.5, 0.6) is 0 Å². The molecular formula is C16H26F3N. The molecule has 2 aliphatic rings. The van der Waals surface area contributed by atoms with Crippen LogP contribution in [0.1, 0.15) is 57.8 Å². The van der Waals surface area contributed by atoms with Gasteiger partial charge in [-0.2, -0.15) is 13.2 Å². The molecule has 4 heteroatoms. The molecule has 0 heterocycles. The standard InChI is InChI=1S/C16H26F3N/c1-20-15(12-6-4-2-3-5-7-12)13-8-10-14(11-9-13)16(17,18)19/h6,13-15,20H,2-5,7-11H2,1H3. The van der Waals surface area contributed by atoms with Gasteiger partial charge in [0.25, 0.3) is 0 Å². The van der Waals surface area contributed by atoms with Crippen LogP contribution in [-0.2, 0) is 0 Å². The summed E-state index contributed by atoms with van der Waals surface area (Å²) >= 11 is 0. The second-order valence-corrected chi connectivity index (χ2v) is 6.30. The number of alkyl halides is 3. The smallest absolute Gasteiger partial charge is 0.313 e. The van der Waals surface area contributed by atoms with Gasteiger partial charge in [-0.05, 0) is 64.3 Å². The molecule has 2 rings (SSSR count). The predicted molar refractivity (Wildman–Crippen MR) is 75.5 cm³/mol. The lowest BCUT2D eigenvalue weighted by atomic mass is 9.75. The van der Waals surface area contributed by atoms with Crippen molar-refractivity contribution in [2.24, 2.45) is 11.8 Å². The topological polar surface area (TPSA) is 12.0 Å². The first-order valence-corrected chi connectivity index (χ1v) is 7.95. The Hall–Kier alpha value is -0.510. The zero-order chi connectivity index (χ0) is 14.6. The molecule has 1 atom stereocenters. The van der Waals surface area contributed by atoms with Crippen molar-refractivity contribution in [3.8, 4) is 0 Å². The number of hydrogen-bond donors (Lipinski definition) is 1. The third kappa shape index (κ3) is 4.00. The Morgan fingerprint density at radius 3 is 2.40 bits per heavy atom. The summed E-state index contributed by atoms with van der Waals surface area (Å²) in [6.07, 6.45) is 6.35. The van der Waals surface area contributed by atoms with Crippen LogP contribution in [0, 0.1) is 11.8 Å². The first kappa shape index (κ1) is 15.9. The molecule has 2 aliphatic carbocycles. The number of likely N-dealkylation sites (N-methyl/N-ethyl adjacent to an activating group) is 1. The minimum absolute atomic E-state index is 0.294. The average molecular weight is 289 g/mol. The quantitative estimate of drug-likeness (QED) is 0.733. The Morgan fingerprint density at radius 1 is 1.10 bits per heavy atom. The average Bonchev–Trinajstić information content (AvgIpc) is 2.68. The molecule has 0 amide bonds. The van der Waals surface area contributed by atoms with Crippen molar-refractivity contribution >= 4 is 0 Å². The van der Waals surface area contributed by atoms with Crippen molar-refractivity contribution in [1.29, 1.82) is 0 Å². The Labute approximate surface area is 120 Å². The minimum Gasteiger partial charge on any atom is -0.313 e. The number of allylic oxidation sites excluding steroid dienone is 1. The molecule has 0 aromatic carbocycles. The second kappa shape index (κ2) is 6.97. The first-order chi connectivity index (χ1) is 9.52. The van der Waals surface area contributed by atoms with Crippen LogP contribution in [0.15, 0.2) is 11.6 Å². The van der Waals surface area contributed by atoms with E-state index in [-0.39, 0.29) is 0 Å². The van der Waals surface area contributed by atoms with Crippen LogP contribution in [0.3, 0.4) is 0 Å². The molecule has 1 fully saturated rings. The summed E-state index contributed by atoms with van der Waals surface area (Å²) in [5.74, 6) is -0.692. The van der Waals surface area contributed by atoms with E-state index in [2.05, 4.69) is 11.4 Å². The Morgan fingerprint density at radius 2 is 1.80 bits per heavy atom. The van der Waals surface area contributed by atoms with Crippen LogP contribution in [-0.4, -0.2) is 19.3 Å². The largest absolute Gasteiger partial charge is 0.391 e. The third-order valence-electron chi connectivity index (χ3n) is 4.99. The number of halogens is 3. The van der Waals surface area contributed by atoms with Gasteiger partial charge < -0.3 is 5.32 Å². The van der Waals surface area contributed by atoms with Crippen molar-refractivity contribution in [2.75, 3.05) is 7.05 Å². The summed E-state index contributed by atoms with van der Waals surface area (Å²) in [6, 6.07) is 0.294. The van der Waals surface area contributed by atoms with Crippen molar-refractivity contribution in [1.82, 2.24) is 5.32 Å². The summed E-state index contributed by atoms with van der Waals surface area (Å²) in [5, 5.41) is 3.37. The summed E-state index contributed by atoms with van der Waals surface area (Å²) in [4.78, 5) is 0. The molecule has 20 heavy (non-hydrogen) atoms. The maximum atomic E-state index is 12.7. The highest BCUT2D eigenvalue weighted by molar-refractivity contribution is 5.14. The van der Waals surface area contributed by atoms with Crippen LogP contribution in [0.2, 0.25) is 0 Å². The fraction of sp³-hybridized carbons (Fsp3) is 0.875. The van der Waals surface area contributed by atoms with E-state index in [1.54, 1.807) is 0 Å². The SMILES string of the molecule is CNC(C1=CCCCCC1)C1CCC(C(F)(F)F)CC1. The second-order valence-electron chi connectivity index (χ2n) is 6.30. The van der Waals surface area contributed by atoms with Gasteiger partial charge in [-0.3, -0.25) is 0 Å². The molecule has 1 N–H and O–H groups in total. The van der Waals surface area contributed by atoms with Crippen LogP contribution < -0.4 is 5.32 Å². The van der Waals surface area contributed by atoms with Gasteiger partial charge in [-0.25, -0.2) is 0 Å². The molecule has 0 aromatic heterocycles. The van der Waals surface area contributed by atoms with Gasteiger partial charge in [0, 0.05) is 6.04 Å². The lowest BCUT2D eigenvalue weighted by Crippen LogP contribution is -2.39. The fourth-order valence-electron chi connectivity index (χ4n) is 3.83. The Kier molecular flexibility index (Phi) is 5.53. The molecule has 1 unspecified atom stereocenters. The zero-order valence-electron chi connectivity index (χ0n) is 12.3. The molecule has 0 spiro atoms. The van der Waals surface area contributed by atoms with Gasteiger partial charge in [-0.1, -0.05) is 18.1 Å². The van der Waals surface area contributed by atoms with E-state index in [4.69, 9.17) is 0 Å². The van der Waals surface area contributed by atoms with E-state index in [1.165, 1.54) is 24.8 Å². The molecular weight excluding hydrogens is 263 g/mol. The zero-order valence-corrected chi connectivity index (χ0v) is 12.3. The van der Waals surface area contributed by atoms with Gasteiger partial charge in [0.2, 0.25) is 0 Å². The van der Waals surface area contributed by atoms with Crippen LogP contribution in [0.4, 0.5) is 13.2 Å². The minimum atomic E-state index is -4.00. The van der Waals surface area contributed by atoms with E-state index < -0.39 is 12.1 Å². The van der Waals surface area contributed by atoms with Gasteiger partial charge in [-0.15, -0.1) is 0 Å². The Balaban J connectivity index is 1.94. The summed E-state index contributed by atoms with van der Waals surface area (Å²) in [5.41, 5.74) is 1.44. The van der Waals surface area contributed by atoms with E-state index in [0.29, 0.717) is 37.6 Å². The van der Waals surface area contributed by atoms with Crippen molar-refractivity contribution in [2.45, 2.75) is 70.0 Å². The number of hydrogen-bond acceptors (Lipinski definition) is 1. The van der Waals surface area contributed by atoms with Crippen LogP contribution >= 0.6 is 0 Å². The first-order valence-electron chi connectivity index (χ1n) is 7.95. The number of nitrogens with one attached hydrogen (secondary N) is 1. The summed E-state index contributed by atoms with van der Waals surface area (Å²) < 4.78 is 38.2. The van der Waals surface area contributed by atoms with E-state index in [9.17, 15) is 13.2 Å².